The molecule has 2 aliphatic heterocycles. The van der Waals surface area contributed by atoms with Gasteiger partial charge in [0.05, 0.1) is 6.07 Å². The van der Waals surface area contributed by atoms with Gasteiger partial charge in [-0.2, -0.15) is 5.26 Å². The SMILES string of the molecule is CN1CCCC(C#N)(N2CCCCCC2)C1. The molecule has 0 bridgehead atoms. The van der Waals surface area contributed by atoms with Crippen molar-refractivity contribution in [3.63, 3.8) is 0 Å². The monoisotopic (exact) mass is 221 g/mol. The number of piperidine rings is 1. The fourth-order valence-electron chi connectivity index (χ4n) is 3.16. The number of likely N-dealkylation sites (N-methyl/N-ethyl adjacent to an activating group) is 1. The first-order chi connectivity index (χ1) is 7.77. The molecule has 0 aliphatic carbocycles. The Hall–Kier alpha value is -0.590. The van der Waals surface area contributed by atoms with Gasteiger partial charge in [-0.1, -0.05) is 12.8 Å². The Kier molecular flexibility index (Phi) is 3.83. The molecule has 2 rings (SSSR count). The predicted octanol–water partition coefficient (Wildman–Crippen LogP) is 1.85. The van der Waals surface area contributed by atoms with Gasteiger partial charge in [0.2, 0.25) is 0 Å². The maximum Gasteiger partial charge on any atom is 0.122 e. The van der Waals surface area contributed by atoms with E-state index in [9.17, 15) is 5.26 Å². The first-order valence-electron chi connectivity index (χ1n) is 6.62. The van der Waals surface area contributed by atoms with Gasteiger partial charge in [0.15, 0.2) is 0 Å². The third kappa shape index (κ3) is 2.39. The normalized spacial score (nSPS) is 34.2. The first kappa shape index (κ1) is 11.9. The number of nitriles is 1. The minimum absolute atomic E-state index is 0.183. The van der Waals surface area contributed by atoms with Crippen molar-refractivity contribution >= 4 is 0 Å². The van der Waals surface area contributed by atoms with Crippen LogP contribution in [0.1, 0.15) is 38.5 Å². The van der Waals surface area contributed by atoms with Gasteiger partial charge in [0.1, 0.15) is 5.54 Å². The second-order valence-electron chi connectivity index (χ2n) is 5.39. The van der Waals surface area contributed by atoms with Crippen molar-refractivity contribution < 1.29 is 0 Å². The molecule has 0 aromatic heterocycles. The molecule has 3 heteroatoms. The third-order valence-corrected chi connectivity index (χ3v) is 4.08. The van der Waals surface area contributed by atoms with Crippen molar-refractivity contribution in [3.8, 4) is 6.07 Å². The van der Waals surface area contributed by atoms with E-state index < -0.39 is 0 Å². The zero-order valence-corrected chi connectivity index (χ0v) is 10.4. The summed E-state index contributed by atoms with van der Waals surface area (Å²) in [7, 11) is 2.14. The van der Waals surface area contributed by atoms with Crippen molar-refractivity contribution in [2.45, 2.75) is 44.1 Å². The lowest BCUT2D eigenvalue weighted by Crippen LogP contribution is -2.57. The molecule has 2 heterocycles. The summed E-state index contributed by atoms with van der Waals surface area (Å²) < 4.78 is 0. The van der Waals surface area contributed by atoms with E-state index in [0.29, 0.717) is 0 Å². The Labute approximate surface area is 99.0 Å². The minimum atomic E-state index is -0.183. The number of hydrogen-bond acceptors (Lipinski definition) is 3. The van der Waals surface area contributed by atoms with Crippen LogP contribution in [0.3, 0.4) is 0 Å². The fraction of sp³-hybridized carbons (Fsp3) is 0.923. The molecule has 0 amide bonds. The summed E-state index contributed by atoms with van der Waals surface area (Å²) in [5.74, 6) is 0. The van der Waals surface area contributed by atoms with Crippen molar-refractivity contribution in [2.24, 2.45) is 0 Å². The lowest BCUT2D eigenvalue weighted by Gasteiger charge is -2.44. The topological polar surface area (TPSA) is 30.3 Å². The Morgan fingerprint density at radius 3 is 2.25 bits per heavy atom. The molecule has 0 aromatic carbocycles. The van der Waals surface area contributed by atoms with Crippen molar-refractivity contribution in [3.05, 3.63) is 0 Å². The van der Waals surface area contributed by atoms with E-state index in [1.807, 2.05) is 0 Å². The molecule has 3 nitrogen and oxygen atoms in total. The van der Waals surface area contributed by atoms with E-state index >= 15 is 0 Å². The van der Waals surface area contributed by atoms with Gasteiger partial charge in [-0.05, 0) is 52.4 Å². The maximum atomic E-state index is 9.59. The molecule has 1 unspecified atom stereocenters. The van der Waals surface area contributed by atoms with E-state index in [4.69, 9.17) is 0 Å². The van der Waals surface area contributed by atoms with Crippen LogP contribution in [-0.2, 0) is 0 Å². The molecular formula is C13H23N3. The van der Waals surface area contributed by atoms with Crippen LogP contribution in [0.25, 0.3) is 0 Å². The summed E-state index contributed by atoms with van der Waals surface area (Å²) in [4.78, 5) is 4.78. The Bertz CT molecular complexity index is 263. The van der Waals surface area contributed by atoms with Gasteiger partial charge in [0, 0.05) is 6.54 Å². The van der Waals surface area contributed by atoms with Crippen LogP contribution in [0.2, 0.25) is 0 Å². The molecule has 16 heavy (non-hydrogen) atoms. The van der Waals surface area contributed by atoms with E-state index in [2.05, 4.69) is 22.9 Å². The zero-order chi connectivity index (χ0) is 11.4. The fourth-order valence-corrected chi connectivity index (χ4v) is 3.16. The van der Waals surface area contributed by atoms with Crippen molar-refractivity contribution in [1.29, 1.82) is 5.26 Å². The van der Waals surface area contributed by atoms with Gasteiger partial charge in [-0.15, -0.1) is 0 Å². The smallest absolute Gasteiger partial charge is 0.122 e. The molecule has 0 aromatic rings. The highest BCUT2D eigenvalue weighted by Crippen LogP contribution is 2.28. The lowest BCUT2D eigenvalue weighted by molar-refractivity contribution is 0.0637. The number of rotatable bonds is 1. The number of hydrogen-bond donors (Lipinski definition) is 0. The molecule has 1 atom stereocenters. The Morgan fingerprint density at radius 1 is 1.00 bits per heavy atom. The summed E-state index contributed by atoms with van der Waals surface area (Å²) in [6.45, 7) is 4.34. The molecule has 0 spiro atoms. The van der Waals surface area contributed by atoms with Gasteiger partial charge >= 0.3 is 0 Å². The van der Waals surface area contributed by atoms with Gasteiger partial charge < -0.3 is 4.90 Å². The van der Waals surface area contributed by atoms with E-state index in [0.717, 1.165) is 32.6 Å². The van der Waals surface area contributed by atoms with Crippen LogP contribution in [-0.4, -0.2) is 48.6 Å². The molecule has 2 fully saturated rings. The standard InChI is InChI=1S/C13H23N3/c1-15-8-6-7-13(11-14,12-15)16-9-4-2-3-5-10-16/h2-10,12H2,1H3. The minimum Gasteiger partial charge on any atom is -0.303 e. The van der Waals surface area contributed by atoms with Crippen LogP contribution in [0, 0.1) is 11.3 Å². The van der Waals surface area contributed by atoms with Gasteiger partial charge in [0.25, 0.3) is 0 Å². The molecule has 0 N–H and O–H groups in total. The Morgan fingerprint density at radius 2 is 1.69 bits per heavy atom. The average molecular weight is 221 g/mol. The van der Waals surface area contributed by atoms with Crippen LogP contribution in [0.5, 0.6) is 0 Å². The quantitative estimate of drug-likeness (QED) is 0.677. The van der Waals surface area contributed by atoms with Crippen LogP contribution in [0.4, 0.5) is 0 Å². The van der Waals surface area contributed by atoms with Crippen molar-refractivity contribution in [2.75, 3.05) is 33.2 Å². The lowest BCUT2D eigenvalue weighted by atomic mass is 9.88. The van der Waals surface area contributed by atoms with Crippen LogP contribution >= 0.6 is 0 Å². The maximum absolute atomic E-state index is 9.59. The van der Waals surface area contributed by atoms with Crippen LogP contribution in [0.15, 0.2) is 0 Å². The molecule has 90 valence electrons. The largest absolute Gasteiger partial charge is 0.303 e. The van der Waals surface area contributed by atoms with E-state index in [1.54, 1.807) is 0 Å². The third-order valence-electron chi connectivity index (χ3n) is 4.08. The Balaban J connectivity index is 2.09. The second kappa shape index (κ2) is 5.16. The molecule has 0 saturated carbocycles. The molecule has 2 saturated heterocycles. The number of nitrogens with zero attached hydrogens (tertiary/aromatic N) is 3. The molecule has 2 aliphatic rings. The van der Waals surface area contributed by atoms with Gasteiger partial charge in [-0.3, -0.25) is 4.90 Å². The molecule has 0 radical (unpaired) electrons. The van der Waals surface area contributed by atoms with Gasteiger partial charge in [-0.25, -0.2) is 0 Å². The zero-order valence-electron chi connectivity index (χ0n) is 10.4. The molecular weight excluding hydrogens is 198 g/mol. The highest BCUT2D eigenvalue weighted by Gasteiger charge is 2.39. The number of likely N-dealkylation sites (tertiary alicyclic amines) is 2. The predicted molar refractivity (Wildman–Crippen MR) is 65.1 cm³/mol. The highest BCUT2D eigenvalue weighted by molar-refractivity contribution is 5.12. The summed E-state index contributed by atoms with van der Waals surface area (Å²) in [6.07, 6.45) is 7.45. The first-order valence-corrected chi connectivity index (χ1v) is 6.62. The summed E-state index contributed by atoms with van der Waals surface area (Å²) in [5.41, 5.74) is -0.183. The summed E-state index contributed by atoms with van der Waals surface area (Å²) in [5, 5.41) is 9.59. The summed E-state index contributed by atoms with van der Waals surface area (Å²) in [6, 6.07) is 2.63. The highest BCUT2D eigenvalue weighted by atomic mass is 15.3. The van der Waals surface area contributed by atoms with Crippen molar-refractivity contribution in [1.82, 2.24) is 9.80 Å². The van der Waals surface area contributed by atoms with Crippen LogP contribution < -0.4 is 0 Å². The average Bonchev–Trinajstić information content (AvgIpc) is 2.57. The van der Waals surface area contributed by atoms with E-state index in [1.165, 1.54) is 32.1 Å². The second-order valence-corrected chi connectivity index (χ2v) is 5.39. The summed E-state index contributed by atoms with van der Waals surface area (Å²) >= 11 is 0. The van der Waals surface area contributed by atoms with E-state index in [-0.39, 0.29) is 5.54 Å².